The fourth-order valence-corrected chi connectivity index (χ4v) is 4.20. The number of hydrogen-bond acceptors (Lipinski definition) is 1. The summed E-state index contributed by atoms with van der Waals surface area (Å²) in [6.07, 6.45) is 0. The van der Waals surface area contributed by atoms with Crippen LogP contribution < -0.4 is 0 Å². The Morgan fingerprint density at radius 2 is 1.48 bits per heavy atom. The van der Waals surface area contributed by atoms with Gasteiger partial charge in [0.2, 0.25) is 0 Å². The molecular formula is C18H14ClSSi. The molecule has 21 heavy (non-hydrogen) atoms. The van der Waals surface area contributed by atoms with Crippen LogP contribution in [0.1, 0.15) is 16.4 Å². The number of hydrogen-bond donors (Lipinski definition) is 0. The van der Waals surface area contributed by atoms with Crippen LogP contribution in [0.4, 0.5) is 0 Å². The lowest BCUT2D eigenvalue weighted by Gasteiger charge is -2.19. The lowest BCUT2D eigenvalue weighted by Crippen LogP contribution is -2.13. The number of halogens is 1. The van der Waals surface area contributed by atoms with Crippen molar-refractivity contribution in [3.8, 4) is 11.1 Å². The van der Waals surface area contributed by atoms with Gasteiger partial charge in [0.1, 0.15) is 0 Å². The van der Waals surface area contributed by atoms with Crippen molar-refractivity contribution in [3.05, 3.63) is 82.6 Å². The summed E-state index contributed by atoms with van der Waals surface area (Å²) in [6.45, 7) is 0. The molecular weight excluding hydrogens is 312 g/mol. The second-order valence-corrected chi connectivity index (χ2v) is 7.32. The van der Waals surface area contributed by atoms with Crippen molar-refractivity contribution in [1.29, 1.82) is 0 Å². The molecule has 0 amide bonds. The Morgan fingerprint density at radius 1 is 0.810 bits per heavy atom. The Morgan fingerprint density at radius 3 is 2.05 bits per heavy atom. The van der Waals surface area contributed by atoms with Crippen molar-refractivity contribution >= 4 is 33.2 Å². The van der Waals surface area contributed by atoms with E-state index in [0.717, 1.165) is 0 Å². The zero-order valence-corrected chi connectivity index (χ0v) is 13.9. The van der Waals surface area contributed by atoms with E-state index in [1.807, 2.05) is 6.07 Å². The molecule has 0 fully saturated rings. The van der Waals surface area contributed by atoms with Gasteiger partial charge in [-0.2, -0.15) is 0 Å². The zero-order valence-electron chi connectivity index (χ0n) is 11.4. The highest BCUT2D eigenvalue weighted by Crippen LogP contribution is 2.33. The van der Waals surface area contributed by atoms with Crippen LogP contribution in [0.15, 0.2) is 72.1 Å². The topological polar surface area (TPSA) is 0 Å². The quantitative estimate of drug-likeness (QED) is 0.452. The highest BCUT2D eigenvalue weighted by Gasteiger charge is 2.20. The molecule has 1 heterocycles. The van der Waals surface area contributed by atoms with E-state index in [4.69, 9.17) is 11.6 Å². The Kier molecular flexibility index (Phi) is 4.59. The fraction of sp³-hybridized carbons (Fsp3) is 0.111. The van der Waals surface area contributed by atoms with Gasteiger partial charge in [-0.15, -0.1) is 22.9 Å². The van der Waals surface area contributed by atoms with Crippen LogP contribution >= 0.6 is 22.9 Å². The summed E-state index contributed by atoms with van der Waals surface area (Å²) in [7, 11) is 3.59. The van der Waals surface area contributed by atoms with Gasteiger partial charge >= 0.3 is 0 Å². The third-order valence-electron chi connectivity index (χ3n) is 3.52. The van der Waals surface area contributed by atoms with E-state index >= 15 is 0 Å². The smallest absolute Gasteiger partial charge is 0.0501 e. The summed E-state index contributed by atoms with van der Waals surface area (Å²) in [6, 6.07) is 23.3. The Balaban J connectivity index is 1.93. The fourth-order valence-electron chi connectivity index (χ4n) is 2.46. The van der Waals surface area contributed by atoms with Gasteiger partial charge in [-0.3, -0.25) is 0 Å². The van der Waals surface area contributed by atoms with Crippen molar-refractivity contribution in [2.45, 2.75) is 10.9 Å². The molecule has 1 aromatic heterocycles. The summed E-state index contributed by atoms with van der Waals surface area (Å²) in [5.41, 5.74) is 3.69. The molecule has 2 aromatic carbocycles. The van der Waals surface area contributed by atoms with E-state index in [-0.39, 0.29) is 10.9 Å². The zero-order chi connectivity index (χ0) is 14.7. The number of benzene rings is 2. The highest BCUT2D eigenvalue weighted by atomic mass is 35.5. The first-order chi connectivity index (χ1) is 10.3. The van der Waals surface area contributed by atoms with Crippen LogP contribution in [0.25, 0.3) is 11.1 Å². The average molecular weight is 326 g/mol. The van der Waals surface area contributed by atoms with Crippen LogP contribution in [0.2, 0.25) is 0 Å². The summed E-state index contributed by atoms with van der Waals surface area (Å²) in [4.78, 5) is 1.28. The van der Waals surface area contributed by atoms with Crippen molar-refractivity contribution < 1.29 is 0 Å². The minimum absolute atomic E-state index is 0.119. The molecule has 0 aliphatic heterocycles. The van der Waals surface area contributed by atoms with Crippen molar-refractivity contribution in [1.82, 2.24) is 0 Å². The van der Waals surface area contributed by atoms with E-state index in [0.29, 0.717) is 0 Å². The molecule has 0 aliphatic rings. The first-order valence-electron chi connectivity index (χ1n) is 6.79. The SMILES string of the molecule is [Si]C(Cl)C(c1ccc(-c2ccccc2)cc1)c1cccs1. The molecule has 2 unspecified atom stereocenters. The summed E-state index contributed by atoms with van der Waals surface area (Å²) in [5, 5.41) is 1.97. The van der Waals surface area contributed by atoms with E-state index in [1.54, 1.807) is 11.3 Å². The molecule has 0 bridgehead atoms. The lowest BCUT2D eigenvalue weighted by atomic mass is 9.96. The molecule has 2 atom stereocenters. The normalized spacial score (nSPS) is 13.8. The summed E-state index contributed by atoms with van der Waals surface area (Å²) < 4.78 is 0. The monoisotopic (exact) mass is 325 g/mol. The molecule has 0 nitrogen and oxygen atoms in total. The van der Waals surface area contributed by atoms with Gasteiger partial charge in [-0.25, -0.2) is 0 Å². The van der Waals surface area contributed by atoms with Crippen molar-refractivity contribution in [2.75, 3.05) is 0 Å². The van der Waals surface area contributed by atoms with Gasteiger partial charge in [0.15, 0.2) is 0 Å². The lowest BCUT2D eigenvalue weighted by molar-refractivity contribution is 0.909. The predicted molar refractivity (Wildman–Crippen MR) is 93.4 cm³/mol. The maximum Gasteiger partial charge on any atom is 0.0501 e. The largest absolute Gasteiger partial charge is 0.148 e. The average Bonchev–Trinajstić information content (AvgIpc) is 3.03. The molecule has 0 spiro atoms. The van der Waals surface area contributed by atoms with E-state index in [1.165, 1.54) is 21.6 Å². The Hall–Kier alpha value is -1.35. The molecule has 0 saturated carbocycles. The van der Waals surface area contributed by atoms with Crippen molar-refractivity contribution in [2.24, 2.45) is 0 Å². The molecule has 3 radical (unpaired) electrons. The van der Waals surface area contributed by atoms with Crippen LogP contribution in [0.3, 0.4) is 0 Å². The van der Waals surface area contributed by atoms with E-state index in [9.17, 15) is 0 Å². The molecule has 0 saturated heterocycles. The summed E-state index contributed by atoms with van der Waals surface area (Å²) >= 11 is 8.09. The van der Waals surface area contributed by atoms with Gasteiger partial charge in [0, 0.05) is 15.8 Å². The van der Waals surface area contributed by atoms with Crippen LogP contribution in [-0.2, 0) is 0 Å². The molecule has 0 aliphatic carbocycles. The Labute approximate surface area is 137 Å². The van der Waals surface area contributed by atoms with Crippen LogP contribution in [-0.4, -0.2) is 15.2 Å². The number of thiophene rings is 1. The molecule has 3 rings (SSSR count). The van der Waals surface area contributed by atoms with Gasteiger partial charge in [0.25, 0.3) is 0 Å². The Bertz CT molecular complexity index is 675. The minimum Gasteiger partial charge on any atom is -0.148 e. The van der Waals surface area contributed by atoms with Crippen LogP contribution in [0, 0.1) is 0 Å². The first-order valence-corrected chi connectivity index (χ1v) is 8.69. The van der Waals surface area contributed by atoms with Gasteiger partial charge < -0.3 is 0 Å². The first kappa shape index (κ1) is 14.6. The molecule has 3 aromatic rings. The molecule has 0 N–H and O–H groups in total. The third kappa shape index (κ3) is 3.29. The van der Waals surface area contributed by atoms with Gasteiger partial charge in [-0.05, 0) is 28.1 Å². The predicted octanol–water partition coefficient (Wildman–Crippen LogP) is 5.28. The number of rotatable bonds is 4. The minimum atomic E-state index is -0.119. The van der Waals surface area contributed by atoms with Crippen molar-refractivity contribution in [3.63, 3.8) is 0 Å². The second-order valence-electron chi connectivity index (χ2n) is 4.88. The molecule has 3 heteroatoms. The van der Waals surface area contributed by atoms with E-state index in [2.05, 4.69) is 76.3 Å². The van der Waals surface area contributed by atoms with E-state index < -0.39 is 0 Å². The second kappa shape index (κ2) is 6.61. The van der Waals surface area contributed by atoms with Crippen LogP contribution in [0.5, 0.6) is 0 Å². The summed E-state index contributed by atoms with van der Waals surface area (Å²) in [5.74, 6) is 0.174. The van der Waals surface area contributed by atoms with Gasteiger partial charge in [-0.1, -0.05) is 60.7 Å². The number of alkyl halides is 1. The van der Waals surface area contributed by atoms with Gasteiger partial charge in [0.05, 0.1) is 10.2 Å². The molecule has 103 valence electrons. The maximum absolute atomic E-state index is 6.35. The third-order valence-corrected chi connectivity index (χ3v) is 5.06. The maximum atomic E-state index is 6.35. The highest BCUT2D eigenvalue weighted by molar-refractivity contribution is 7.10. The standard InChI is InChI=1S/C18H14ClSSi/c19-18(21)17(16-7-4-12-20-16)15-10-8-14(9-11-15)13-5-2-1-3-6-13/h1-12,17-18H.